The van der Waals surface area contributed by atoms with Crippen LogP contribution < -0.4 is 11.1 Å². The second-order valence-electron chi connectivity index (χ2n) is 7.78. The minimum atomic E-state index is -0.725. The summed E-state index contributed by atoms with van der Waals surface area (Å²) in [7, 11) is 0. The topological polar surface area (TPSA) is 91.5 Å². The maximum absolute atomic E-state index is 13.5. The Bertz CT molecular complexity index is 1040. The van der Waals surface area contributed by atoms with Gasteiger partial charge in [0.25, 0.3) is 0 Å². The molecule has 0 radical (unpaired) electrons. The number of amides is 1. The molecule has 2 aromatic carbocycles. The molecule has 2 atom stereocenters. The number of aliphatic hydroxyl groups excluding tert-OH is 1. The Morgan fingerprint density at radius 1 is 1.32 bits per heavy atom. The van der Waals surface area contributed by atoms with Gasteiger partial charge in [0.2, 0.25) is 5.91 Å². The first-order valence-corrected chi connectivity index (χ1v) is 11.1. The Morgan fingerprint density at radius 3 is 2.84 bits per heavy atom. The second-order valence-corrected chi connectivity index (χ2v) is 8.67. The largest absolute Gasteiger partial charge is 0.387 e. The molecule has 1 fully saturated rings. The van der Waals surface area contributed by atoms with Gasteiger partial charge in [0.1, 0.15) is 5.82 Å². The van der Waals surface area contributed by atoms with Gasteiger partial charge in [-0.05, 0) is 54.8 Å². The Labute approximate surface area is 184 Å². The van der Waals surface area contributed by atoms with E-state index in [0.29, 0.717) is 22.9 Å². The molecule has 1 amide bonds. The number of thiazole rings is 1. The van der Waals surface area contributed by atoms with Crippen LogP contribution in [0.2, 0.25) is 0 Å². The molecule has 1 aromatic heterocycles. The van der Waals surface area contributed by atoms with E-state index in [0.717, 1.165) is 30.6 Å². The average molecular weight is 441 g/mol. The molecule has 0 spiro atoms. The quantitative estimate of drug-likeness (QED) is 0.521. The van der Waals surface area contributed by atoms with E-state index in [1.165, 1.54) is 23.5 Å². The molecular weight excluding hydrogens is 415 g/mol. The van der Waals surface area contributed by atoms with Gasteiger partial charge >= 0.3 is 0 Å². The molecule has 31 heavy (non-hydrogen) atoms. The van der Waals surface area contributed by atoms with Gasteiger partial charge in [-0.15, -0.1) is 11.3 Å². The van der Waals surface area contributed by atoms with Gasteiger partial charge in [0.15, 0.2) is 5.13 Å². The molecule has 4 N–H and O–H groups in total. The van der Waals surface area contributed by atoms with Crippen LogP contribution in [0.4, 0.5) is 15.2 Å². The number of likely N-dealkylation sites (tertiary alicyclic amines) is 1. The molecule has 2 heterocycles. The predicted molar refractivity (Wildman–Crippen MR) is 120 cm³/mol. The van der Waals surface area contributed by atoms with Crippen LogP contribution in [0.5, 0.6) is 0 Å². The van der Waals surface area contributed by atoms with E-state index >= 15 is 0 Å². The summed E-state index contributed by atoms with van der Waals surface area (Å²) in [6, 6.07) is 13.8. The SMILES string of the molecule is Nc1nc(CC(=O)Nc2ccc(CN3CCC[C@@H]3[C@H](O)c3cccc(F)c3)cc2)cs1. The Balaban J connectivity index is 1.35. The number of nitrogen functional groups attached to an aromatic ring is 1. The molecule has 0 aliphatic carbocycles. The zero-order chi connectivity index (χ0) is 21.8. The van der Waals surface area contributed by atoms with Crippen molar-refractivity contribution in [2.24, 2.45) is 0 Å². The van der Waals surface area contributed by atoms with Gasteiger partial charge in [-0.1, -0.05) is 24.3 Å². The standard InChI is InChI=1S/C23H25FN4O2S/c24-17-4-1-3-16(11-17)22(30)20-5-2-10-28(20)13-15-6-8-18(9-7-15)26-21(29)12-19-14-31-23(25)27-19/h1,3-4,6-9,11,14,20,22,30H,2,5,10,12-13H2,(H2,25,27)(H,26,29)/t20-,22-/m1/s1. The van der Waals surface area contributed by atoms with E-state index in [1.807, 2.05) is 24.3 Å². The fraction of sp³-hybridized carbons (Fsp3) is 0.304. The van der Waals surface area contributed by atoms with Gasteiger partial charge in [-0.3, -0.25) is 9.69 Å². The first kappa shape index (κ1) is 21.4. The summed E-state index contributed by atoms with van der Waals surface area (Å²) in [5.74, 6) is -0.479. The third-order valence-electron chi connectivity index (χ3n) is 5.50. The average Bonchev–Trinajstić information content (AvgIpc) is 3.37. The first-order chi connectivity index (χ1) is 15.0. The van der Waals surface area contributed by atoms with Crippen LogP contribution in [0.3, 0.4) is 0 Å². The molecule has 3 aromatic rings. The number of hydrogen-bond acceptors (Lipinski definition) is 6. The monoisotopic (exact) mass is 440 g/mol. The summed E-state index contributed by atoms with van der Waals surface area (Å²) in [6.45, 7) is 1.57. The third-order valence-corrected chi connectivity index (χ3v) is 6.23. The zero-order valence-corrected chi connectivity index (χ0v) is 17.8. The zero-order valence-electron chi connectivity index (χ0n) is 17.0. The van der Waals surface area contributed by atoms with Crippen LogP contribution in [-0.2, 0) is 17.8 Å². The fourth-order valence-electron chi connectivity index (χ4n) is 4.02. The molecule has 1 aliphatic rings. The van der Waals surface area contributed by atoms with Crippen LogP contribution in [0.15, 0.2) is 53.9 Å². The number of nitrogens with two attached hydrogens (primary N) is 1. The number of carbonyl (C=O) groups is 1. The molecule has 1 saturated heterocycles. The van der Waals surface area contributed by atoms with Crippen molar-refractivity contribution in [2.75, 3.05) is 17.6 Å². The lowest BCUT2D eigenvalue weighted by Crippen LogP contribution is -2.34. The maximum Gasteiger partial charge on any atom is 0.230 e. The molecule has 0 bridgehead atoms. The molecule has 162 valence electrons. The van der Waals surface area contributed by atoms with Crippen molar-refractivity contribution in [1.29, 1.82) is 0 Å². The highest BCUT2D eigenvalue weighted by atomic mass is 32.1. The normalized spacial score (nSPS) is 17.5. The number of anilines is 2. The van der Waals surface area contributed by atoms with E-state index in [1.54, 1.807) is 17.5 Å². The van der Waals surface area contributed by atoms with E-state index in [9.17, 15) is 14.3 Å². The van der Waals surface area contributed by atoms with Gasteiger partial charge in [0.05, 0.1) is 18.2 Å². The third kappa shape index (κ3) is 5.46. The summed E-state index contributed by atoms with van der Waals surface area (Å²) >= 11 is 1.32. The first-order valence-electron chi connectivity index (χ1n) is 10.2. The smallest absolute Gasteiger partial charge is 0.230 e. The lowest BCUT2D eigenvalue weighted by molar-refractivity contribution is -0.115. The highest BCUT2D eigenvalue weighted by Crippen LogP contribution is 2.31. The highest BCUT2D eigenvalue weighted by molar-refractivity contribution is 7.13. The lowest BCUT2D eigenvalue weighted by atomic mass is 10.00. The van der Waals surface area contributed by atoms with E-state index in [4.69, 9.17) is 5.73 Å². The molecular formula is C23H25FN4O2S. The van der Waals surface area contributed by atoms with E-state index in [-0.39, 0.29) is 24.2 Å². The summed E-state index contributed by atoms with van der Waals surface area (Å²) < 4.78 is 13.5. The molecule has 8 heteroatoms. The number of aliphatic hydroxyl groups is 1. The summed E-state index contributed by atoms with van der Waals surface area (Å²) in [5, 5.41) is 15.9. The van der Waals surface area contributed by atoms with Gasteiger partial charge < -0.3 is 16.2 Å². The molecule has 0 unspecified atom stereocenters. The van der Waals surface area contributed by atoms with Crippen LogP contribution in [0.1, 0.15) is 35.8 Å². The van der Waals surface area contributed by atoms with Crippen molar-refractivity contribution in [3.05, 3.63) is 76.5 Å². The summed E-state index contributed by atoms with van der Waals surface area (Å²) in [6.07, 6.45) is 1.32. The summed E-state index contributed by atoms with van der Waals surface area (Å²) in [5.41, 5.74) is 8.67. The van der Waals surface area contributed by atoms with Crippen molar-refractivity contribution in [2.45, 2.75) is 38.0 Å². The Hall–Kier alpha value is -2.81. The number of halogens is 1. The lowest BCUT2D eigenvalue weighted by Gasteiger charge is -2.29. The molecule has 4 rings (SSSR count). The van der Waals surface area contributed by atoms with Crippen molar-refractivity contribution < 1.29 is 14.3 Å². The second kappa shape index (κ2) is 9.55. The fourth-order valence-corrected chi connectivity index (χ4v) is 4.58. The minimum Gasteiger partial charge on any atom is -0.387 e. The van der Waals surface area contributed by atoms with Crippen LogP contribution in [0.25, 0.3) is 0 Å². The van der Waals surface area contributed by atoms with Gasteiger partial charge in [0, 0.05) is 23.7 Å². The number of benzene rings is 2. The molecule has 0 saturated carbocycles. The van der Waals surface area contributed by atoms with Crippen molar-refractivity contribution in [1.82, 2.24) is 9.88 Å². The number of nitrogens with zero attached hydrogens (tertiary/aromatic N) is 2. The highest BCUT2D eigenvalue weighted by Gasteiger charge is 2.31. The van der Waals surface area contributed by atoms with Gasteiger partial charge in [-0.25, -0.2) is 9.37 Å². The number of hydrogen-bond donors (Lipinski definition) is 3. The Kier molecular flexibility index (Phi) is 6.60. The number of rotatable bonds is 7. The molecule has 1 aliphatic heterocycles. The summed E-state index contributed by atoms with van der Waals surface area (Å²) in [4.78, 5) is 18.5. The number of aromatic nitrogens is 1. The predicted octanol–water partition coefficient (Wildman–Crippen LogP) is 3.74. The number of nitrogens with one attached hydrogen (secondary N) is 1. The van der Waals surface area contributed by atoms with Gasteiger partial charge in [-0.2, -0.15) is 0 Å². The van der Waals surface area contributed by atoms with E-state index in [2.05, 4.69) is 15.2 Å². The van der Waals surface area contributed by atoms with Crippen molar-refractivity contribution >= 4 is 28.1 Å². The maximum atomic E-state index is 13.5. The van der Waals surface area contributed by atoms with Crippen LogP contribution in [-0.4, -0.2) is 33.5 Å². The van der Waals surface area contributed by atoms with Crippen LogP contribution >= 0.6 is 11.3 Å². The Morgan fingerprint density at radius 2 is 2.13 bits per heavy atom. The van der Waals surface area contributed by atoms with E-state index < -0.39 is 6.10 Å². The molecule has 6 nitrogen and oxygen atoms in total. The number of carbonyl (C=O) groups excluding carboxylic acids is 1. The van der Waals surface area contributed by atoms with Crippen molar-refractivity contribution in [3.63, 3.8) is 0 Å². The van der Waals surface area contributed by atoms with Crippen LogP contribution in [0, 0.1) is 5.82 Å². The van der Waals surface area contributed by atoms with Crippen molar-refractivity contribution in [3.8, 4) is 0 Å². The minimum absolute atomic E-state index is 0.0493.